The van der Waals surface area contributed by atoms with E-state index < -0.39 is 0 Å². The number of benzene rings is 1. The summed E-state index contributed by atoms with van der Waals surface area (Å²) >= 11 is 0. The molecule has 2 aromatic rings. The van der Waals surface area contributed by atoms with Gasteiger partial charge in [-0.05, 0) is 37.5 Å². The predicted octanol–water partition coefficient (Wildman–Crippen LogP) is 3.70. The Balaban J connectivity index is 1.74. The highest BCUT2D eigenvalue weighted by molar-refractivity contribution is 5.18. The van der Waals surface area contributed by atoms with E-state index in [1.165, 1.54) is 11.6 Å². The van der Waals surface area contributed by atoms with Gasteiger partial charge < -0.3 is 4.74 Å². The number of aryl methyl sites for hydroxylation is 1. The van der Waals surface area contributed by atoms with Gasteiger partial charge in [0.15, 0.2) is 0 Å². The number of aromatic nitrogens is 2. The van der Waals surface area contributed by atoms with E-state index in [0.29, 0.717) is 13.1 Å². The van der Waals surface area contributed by atoms with Gasteiger partial charge in [-0.2, -0.15) is 5.10 Å². The van der Waals surface area contributed by atoms with Gasteiger partial charge >= 0.3 is 0 Å². The molecule has 0 bridgehead atoms. The van der Waals surface area contributed by atoms with Crippen LogP contribution in [0.1, 0.15) is 29.7 Å². The first-order chi connectivity index (χ1) is 12.1. The molecule has 1 aromatic carbocycles. The summed E-state index contributed by atoms with van der Waals surface area (Å²) in [4.78, 5) is 2.33. The lowest BCUT2D eigenvalue weighted by Crippen LogP contribution is -2.31. The van der Waals surface area contributed by atoms with Crippen LogP contribution < -0.4 is 0 Å². The van der Waals surface area contributed by atoms with E-state index in [4.69, 9.17) is 4.74 Å². The number of hydrogen-bond donors (Lipinski definition) is 0. The molecule has 4 nitrogen and oxygen atoms in total. The fraction of sp³-hybridized carbons (Fsp3) is 0.450. The van der Waals surface area contributed by atoms with Gasteiger partial charge in [-0.3, -0.25) is 9.58 Å². The summed E-state index contributed by atoms with van der Waals surface area (Å²) < 4.78 is 21.2. The first-order valence-electron chi connectivity index (χ1n) is 8.86. The number of ether oxygens (including phenoxy) is 1. The van der Waals surface area contributed by atoms with Crippen LogP contribution in [0.3, 0.4) is 0 Å². The van der Waals surface area contributed by atoms with Gasteiger partial charge in [0.1, 0.15) is 5.82 Å². The minimum Gasteiger partial charge on any atom is -0.377 e. The van der Waals surface area contributed by atoms with Crippen molar-refractivity contribution in [1.82, 2.24) is 14.7 Å². The lowest BCUT2D eigenvalue weighted by molar-refractivity contribution is 0.0678. The van der Waals surface area contributed by atoms with Crippen molar-refractivity contribution in [3.05, 3.63) is 65.8 Å². The topological polar surface area (TPSA) is 30.3 Å². The summed E-state index contributed by atoms with van der Waals surface area (Å²) in [6.07, 6.45) is 6.39. The Morgan fingerprint density at radius 3 is 3.04 bits per heavy atom. The monoisotopic (exact) mass is 343 g/mol. The highest BCUT2D eigenvalue weighted by atomic mass is 19.1. The molecule has 0 spiro atoms. The molecule has 0 amide bonds. The Kier molecular flexibility index (Phi) is 6.00. The molecule has 3 rings (SSSR count). The van der Waals surface area contributed by atoms with Crippen molar-refractivity contribution < 1.29 is 9.13 Å². The summed E-state index contributed by atoms with van der Waals surface area (Å²) in [7, 11) is 0. The first kappa shape index (κ1) is 17.8. The maximum atomic E-state index is 13.5. The molecule has 134 valence electrons. The molecule has 0 saturated carbocycles. The Morgan fingerprint density at radius 1 is 1.44 bits per heavy atom. The van der Waals surface area contributed by atoms with Crippen LogP contribution >= 0.6 is 0 Å². The van der Waals surface area contributed by atoms with Gasteiger partial charge in [0.25, 0.3) is 0 Å². The van der Waals surface area contributed by atoms with Crippen molar-refractivity contribution in [1.29, 1.82) is 0 Å². The summed E-state index contributed by atoms with van der Waals surface area (Å²) in [5.41, 5.74) is 3.20. The fourth-order valence-electron chi connectivity index (χ4n) is 3.34. The first-order valence-corrected chi connectivity index (χ1v) is 8.86. The Bertz CT molecular complexity index is 707. The molecule has 5 heteroatoms. The lowest BCUT2D eigenvalue weighted by atomic mass is 10.1. The van der Waals surface area contributed by atoms with E-state index in [2.05, 4.69) is 22.8 Å². The molecule has 2 heterocycles. The zero-order valence-electron chi connectivity index (χ0n) is 14.8. The van der Waals surface area contributed by atoms with E-state index in [-0.39, 0.29) is 11.9 Å². The molecule has 0 radical (unpaired) electrons. The molecule has 0 unspecified atom stereocenters. The summed E-state index contributed by atoms with van der Waals surface area (Å²) in [5.74, 6) is -0.190. The average Bonchev–Trinajstić information content (AvgIpc) is 3.18. The SMILES string of the molecule is C=CCn1cc(CN(Cc2cccc(F)c2)C[C@@H]2CCCO2)c(C)n1. The van der Waals surface area contributed by atoms with Gasteiger partial charge in [0, 0.05) is 38.0 Å². The second-order valence-electron chi connectivity index (χ2n) is 6.69. The highest BCUT2D eigenvalue weighted by Crippen LogP contribution is 2.18. The summed E-state index contributed by atoms with van der Waals surface area (Å²) in [6, 6.07) is 6.83. The molecule has 0 aliphatic carbocycles. The third kappa shape index (κ3) is 5.00. The molecule has 25 heavy (non-hydrogen) atoms. The van der Waals surface area contributed by atoms with Crippen molar-refractivity contribution >= 4 is 0 Å². The third-order valence-electron chi connectivity index (χ3n) is 4.54. The largest absolute Gasteiger partial charge is 0.377 e. The molecule has 1 aromatic heterocycles. The number of allylic oxidation sites excluding steroid dienone is 1. The average molecular weight is 343 g/mol. The quantitative estimate of drug-likeness (QED) is 0.685. The van der Waals surface area contributed by atoms with E-state index in [9.17, 15) is 4.39 Å². The normalized spacial score (nSPS) is 17.3. The van der Waals surface area contributed by atoms with Gasteiger partial charge in [0.05, 0.1) is 18.3 Å². The Morgan fingerprint density at radius 2 is 2.32 bits per heavy atom. The van der Waals surface area contributed by atoms with Crippen LogP contribution in [0.5, 0.6) is 0 Å². The molecule has 1 aliphatic rings. The Labute approximate surface area is 148 Å². The van der Waals surface area contributed by atoms with E-state index in [0.717, 1.165) is 43.8 Å². The molecular weight excluding hydrogens is 317 g/mol. The number of rotatable bonds is 8. The van der Waals surface area contributed by atoms with Crippen molar-refractivity contribution in [3.8, 4) is 0 Å². The molecule has 1 aliphatic heterocycles. The van der Waals surface area contributed by atoms with Gasteiger partial charge in [-0.25, -0.2) is 4.39 Å². The maximum absolute atomic E-state index is 13.5. The minimum absolute atomic E-state index is 0.190. The second kappa shape index (κ2) is 8.41. The minimum atomic E-state index is -0.190. The predicted molar refractivity (Wildman–Crippen MR) is 96.6 cm³/mol. The summed E-state index contributed by atoms with van der Waals surface area (Å²) in [5, 5.41) is 4.53. The molecule has 1 atom stereocenters. The van der Waals surface area contributed by atoms with Crippen LogP contribution in [0.15, 0.2) is 43.1 Å². The van der Waals surface area contributed by atoms with Crippen LogP contribution in [0.2, 0.25) is 0 Å². The maximum Gasteiger partial charge on any atom is 0.123 e. The van der Waals surface area contributed by atoms with E-state index in [1.54, 1.807) is 12.1 Å². The number of hydrogen-bond acceptors (Lipinski definition) is 3. The standard InChI is InChI=1S/C20H26FN3O/c1-3-9-24-14-18(16(2)22-24)13-23(15-20-8-5-10-25-20)12-17-6-4-7-19(21)11-17/h3-4,6-7,11,14,20H,1,5,8-10,12-13,15H2,2H3/t20-/m0/s1. The zero-order chi connectivity index (χ0) is 17.6. The van der Waals surface area contributed by atoms with Crippen molar-refractivity contribution in [2.75, 3.05) is 13.2 Å². The number of nitrogens with zero attached hydrogens (tertiary/aromatic N) is 3. The van der Waals surface area contributed by atoms with Crippen LogP contribution in [0, 0.1) is 12.7 Å². The van der Waals surface area contributed by atoms with Crippen LogP contribution in [-0.4, -0.2) is 33.9 Å². The van der Waals surface area contributed by atoms with Crippen LogP contribution in [0.25, 0.3) is 0 Å². The summed E-state index contributed by atoms with van der Waals surface area (Å²) in [6.45, 7) is 9.67. The second-order valence-corrected chi connectivity index (χ2v) is 6.69. The lowest BCUT2D eigenvalue weighted by Gasteiger charge is -2.25. The molecule has 1 fully saturated rings. The van der Waals surface area contributed by atoms with Gasteiger partial charge in [-0.15, -0.1) is 6.58 Å². The van der Waals surface area contributed by atoms with E-state index in [1.807, 2.05) is 23.7 Å². The van der Waals surface area contributed by atoms with E-state index >= 15 is 0 Å². The highest BCUT2D eigenvalue weighted by Gasteiger charge is 2.20. The molecular formula is C20H26FN3O. The third-order valence-corrected chi connectivity index (χ3v) is 4.54. The van der Waals surface area contributed by atoms with Crippen molar-refractivity contribution in [3.63, 3.8) is 0 Å². The van der Waals surface area contributed by atoms with Gasteiger partial charge in [-0.1, -0.05) is 18.2 Å². The van der Waals surface area contributed by atoms with Crippen molar-refractivity contribution in [2.45, 2.75) is 45.5 Å². The molecule has 0 N–H and O–H groups in total. The van der Waals surface area contributed by atoms with Crippen molar-refractivity contribution in [2.24, 2.45) is 0 Å². The smallest absolute Gasteiger partial charge is 0.123 e. The van der Waals surface area contributed by atoms with Gasteiger partial charge in [0.2, 0.25) is 0 Å². The van der Waals surface area contributed by atoms with Crippen LogP contribution in [0.4, 0.5) is 4.39 Å². The molecule has 1 saturated heterocycles. The fourth-order valence-corrected chi connectivity index (χ4v) is 3.34. The number of halogens is 1. The van der Waals surface area contributed by atoms with Crippen LogP contribution in [-0.2, 0) is 24.4 Å². The Hall–Kier alpha value is -1.98. The zero-order valence-corrected chi connectivity index (χ0v) is 14.8.